The summed E-state index contributed by atoms with van der Waals surface area (Å²) in [7, 11) is 1.82. The highest BCUT2D eigenvalue weighted by Crippen LogP contribution is 2.35. The maximum absolute atomic E-state index is 12.9. The van der Waals surface area contributed by atoms with Gasteiger partial charge in [0.25, 0.3) is 0 Å². The third kappa shape index (κ3) is 3.48. The van der Waals surface area contributed by atoms with Gasteiger partial charge in [0, 0.05) is 37.7 Å². The molecule has 2 aromatic rings. The predicted molar refractivity (Wildman–Crippen MR) is 90.1 cm³/mol. The SMILES string of the molecule is CC(C)n1cc([C@H]2OCC[C@@H]2C(=O)N(C)Cc2ccccn2)cn1. The van der Waals surface area contributed by atoms with Gasteiger partial charge in [-0.2, -0.15) is 5.10 Å². The highest BCUT2D eigenvalue weighted by Gasteiger charge is 2.37. The van der Waals surface area contributed by atoms with Gasteiger partial charge >= 0.3 is 0 Å². The average molecular weight is 328 g/mol. The molecule has 6 heteroatoms. The Morgan fingerprint density at radius 3 is 2.96 bits per heavy atom. The van der Waals surface area contributed by atoms with Crippen molar-refractivity contribution in [3.63, 3.8) is 0 Å². The van der Waals surface area contributed by atoms with Crippen LogP contribution in [-0.4, -0.2) is 39.2 Å². The number of pyridine rings is 1. The summed E-state index contributed by atoms with van der Waals surface area (Å²) in [6, 6.07) is 6.03. The van der Waals surface area contributed by atoms with E-state index in [1.54, 1.807) is 11.1 Å². The van der Waals surface area contributed by atoms with Gasteiger partial charge in [-0.15, -0.1) is 0 Å². The van der Waals surface area contributed by atoms with Gasteiger partial charge in [0.05, 0.1) is 30.5 Å². The Labute approximate surface area is 142 Å². The van der Waals surface area contributed by atoms with E-state index in [1.807, 2.05) is 42.3 Å². The summed E-state index contributed by atoms with van der Waals surface area (Å²) in [5.41, 5.74) is 1.86. The first kappa shape index (κ1) is 16.6. The van der Waals surface area contributed by atoms with E-state index in [-0.39, 0.29) is 17.9 Å². The second-order valence-electron chi connectivity index (χ2n) is 6.55. The third-order valence-corrected chi connectivity index (χ3v) is 4.39. The summed E-state index contributed by atoms with van der Waals surface area (Å²) in [4.78, 5) is 18.9. The predicted octanol–water partition coefficient (Wildman–Crippen LogP) is 2.60. The van der Waals surface area contributed by atoms with Crippen LogP contribution in [0.5, 0.6) is 0 Å². The monoisotopic (exact) mass is 328 g/mol. The number of nitrogens with zero attached hydrogens (tertiary/aromatic N) is 4. The molecule has 2 atom stereocenters. The normalized spacial score (nSPS) is 20.5. The zero-order valence-corrected chi connectivity index (χ0v) is 14.4. The minimum absolute atomic E-state index is 0.0976. The first-order valence-electron chi connectivity index (χ1n) is 8.37. The maximum atomic E-state index is 12.9. The molecule has 0 saturated carbocycles. The van der Waals surface area contributed by atoms with Crippen molar-refractivity contribution in [3.8, 4) is 0 Å². The molecule has 3 rings (SSSR count). The molecule has 0 spiro atoms. The van der Waals surface area contributed by atoms with Crippen molar-refractivity contribution in [2.75, 3.05) is 13.7 Å². The molecule has 0 N–H and O–H groups in total. The van der Waals surface area contributed by atoms with Crippen molar-refractivity contribution in [2.45, 2.75) is 39.0 Å². The highest BCUT2D eigenvalue weighted by atomic mass is 16.5. The minimum Gasteiger partial charge on any atom is -0.373 e. The molecule has 1 saturated heterocycles. The lowest BCUT2D eigenvalue weighted by molar-refractivity contribution is -0.136. The summed E-state index contributed by atoms with van der Waals surface area (Å²) in [5.74, 6) is -0.0658. The summed E-state index contributed by atoms with van der Waals surface area (Å²) in [6.07, 6.45) is 6.07. The molecule has 6 nitrogen and oxygen atoms in total. The fourth-order valence-corrected chi connectivity index (χ4v) is 3.05. The first-order valence-corrected chi connectivity index (χ1v) is 8.37. The molecular weight excluding hydrogens is 304 g/mol. The third-order valence-electron chi connectivity index (χ3n) is 4.39. The van der Waals surface area contributed by atoms with Gasteiger partial charge < -0.3 is 9.64 Å². The van der Waals surface area contributed by atoms with Crippen LogP contribution in [0.15, 0.2) is 36.8 Å². The standard InChI is InChI=1S/C18H24N4O2/c1-13(2)22-11-14(10-20-22)17-16(7-9-24-17)18(23)21(3)12-15-6-4-5-8-19-15/h4-6,8,10-11,13,16-17H,7,9,12H2,1-3H3/t16-,17+/m0/s1. The number of hydrogen-bond acceptors (Lipinski definition) is 4. The van der Waals surface area contributed by atoms with Crippen molar-refractivity contribution in [2.24, 2.45) is 5.92 Å². The Kier molecular flexibility index (Phi) is 4.94. The van der Waals surface area contributed by atoms with Gasteiger partial charge in [-0.1, -0.05) is 6.07 Å². The average Bonchev–Trinajstić information content (AvgIpc) is 3.24. The lowest BCUT2D eigenvalue weighted by Gasteiger charge is -2.23. The van der Waals surface area contributed by atoms with E-state index in [4.69, 9.17) is 4.74 Å². The lowest BCUT2D eigenvalue weighted by Crippen LogP contribution is -2.34. The van der Waals surface area contributed by atoms with Gasteiger partial charge in [0.1, 0.15) is 0 Å². The van der Waals surface area contributed by atoms with Crippen molar-refractivity contribution < 1.29 is 9.53 Å². The number of amides is 1. The van der Waals surface area contributed by atoms with Crippen LogP contribution in [0, 0.1) is 5.92 Å². The smallest absolute Gasteiger partial charge is 0.228 e. The van der Waals surface area contributed by atoms with Gasteiger partial charge in [-0.3, -0.25) is 14.5 Å². The Morgan fingerprint density at radius 2 is 2.29 bits per heavy atom. The fraction of sp³-hybridized carbons (Fsp3) is 0.500. The van der Waals surface area contributed by atoms with Crippen LogP contribution in [0.4, 0.5) is 0 Å². The van der Waals surface area contributed by atoms with Crippen LogP contribution >= 0.6 is 0 Å². The van der Waals surface area contributed by atoms with E-state index in [9.17, 15) is 4.79 Å². The minimum atomic E-state index is -0.212. The summed E-state index contributed by atoms with van der Waals surface area (Å²) in [5, 5.41) is 4.37. The molecule has 1 aliphatic rings. The molecule has 1 fully saturated rings. The topological polar surface area (TPSA) is 60.2 Å². The van der Waals surface area contributed by atoms with Gasteiger partial charge in [0.15, 0.2) is 0 Å². The van der Waals surface area contributed by atoms with Crippen LogP contribution in [0.1, 0.15) is 43.7 Å². The Bertz CT molecular complexity index is 683. The van der Waals surface area contributed by atoms with Gasteiger partial charge in [0.2, 0.25) is 5.91 Å². The summed E-state index contributed by atoms with van der Waals surface area (Å²) in [6.45, 7) is 5.27. The zero-order chi connectivity index (χ0) is 17.1. The second kappa shape index (κ2) is 7.13. The molecule has 0 aliphatic carbocycles. The van der Waals surface area contributed by atoms with E-state index < -0.39 is 0 Å². The lowest BCUT2D eigenvalue weighted by atomic mass is 9.96. The summed E-state index contributed by atoms with van der Waals surface area (Å²) >= 11 is 0. The van der Waals surface area contributed by atoms with Crippen molar-refractivity contribution >= 4 is 5.91 Å². The highest BCUT2D eigenvalue weighted by molar-refractivity contribution is 5.79. The number of hydrogen-bond donors (Lipinski definition) is 0. The molecule has 128 valence electrons. The molecule has 0 radical (unpaired) electrons. The number of ether oxygens (including phenoxy) is 1. The summed E-state index contributed by atoms with van der Waals surface area (Å²) < 4.78 is 7.75. The molecule has 0 unspecified atom stereocenters. The Balaban J connectivity index is 1.70. The van der Waals surface area contributed by atoms with Crippen LogP contribution in [0.25, 0.3) is 0 Å². The molecule has 2 aromatic heterocycles. The molecule has 0 aromatic carbocycles. The van der Waals surface area contributed by atoms with E-state index >= 15 is 0 Å². The molecule has 1 aliphatic heterocycles. The Hall–Kier alpha value is -2.21. The number of carbonyl (C=O) groups excluding carboxylic acids is 1. The molecule has 1 amide bonds. The van der Waals surface area contributed by atoms with Crippen LogP contribution in [0.3, 0.4) is 0 Å². The van der Waals surface area contributed by atoms with Gasteiger partial charge in [-0.05, 0) is 32.4 Å². The van der Waals surface area contributed by atoms with Crippen LogP contribution in [0.2, 0.25) is 0 Å². The molecule has 3 heterocycles. The first-order chi connectivity index (χ1) is 11.6. The number of carbonyl (C=O) groups is 1. The van der Waals surface area contributed by atoms with Crippen molar-refractivity contribution in [1.29, 1.82) is 0 Å². The van der Waals surface area contributed by atoms with Crippen LogP contribution in [-0.2, 0) is 16.1 Å². The molecule has 0 bridgehead atoms. The maximum Gasteiger partial charge on any atom is 0.228 e. The zero-order valence-electron chi connectivity index (χ0n) is 14.4. The quantitative estimate of drug-likeness (QED) is 0.846. The van der Waals surface area contributed by atoms with E-state index in [0.717, 1.165) is 17.7 Å². The van der Waals surface area contributed by atoms with E-state index in [2.05, 4.69) is 23.9 Å². The second-order valence-corrected chi connectivity index (χ2v) is 6.55. The van der Waals surface area contributed by atoms with Crippen molar-refractivity contribution in [3.05, 3.63) is 48.0 Å². The molecular formula is C18H24N4O2. The fourth-order valence-electron chi connectivity index (χ4n) is 3.05. The Morgan fingerprint density at radius 1 is 1.46 bits per heavy atom. The van der Waals surface area contributed by atoms with Crippen molar-refractivity contribution in [1.82, 2.24) is 19.7 Å². The van der Waals surface area contributed by atoms with E-state index in [0.29, 0.717) is 19.2 Å². The largest absolute Gasteiger partial charge is 0.373 e. The molecule has 24 heavy (non-hydrogen) atoms. The van der Waals surface area contributed by atoms with E-state index in [1.165, 1.54) is 0 Å². The van der Waals surface area contributed by atoms with Gasteiger partial charge in [-0.25, -0.2) is 0 Å². The van der Waals surface area contributed by atoms with Crippen LogP contribution < -0.4 is 0 Å². The number of rotatable bonds is 5. The number of aromatic nitrogens is 3.